The summed E-state index contributed by atoms with van der Waals surface area (Å²) in [5.41, 5.74) is 0.580. The normalized spacial score (nSPS) is 11.5. The maximum Gasteiger partial charge on any atom is 0.279 e. The van der Waals surface area contributed by atoms with E-state index in [4.69, 9.17) is 0 Å². The molecule has 0 saturated heterocycles. The highest BCUT2D eigenvalue weighted by Gasteiger charge is 2.26. The molecule has 0 saturated carbocycles. The summed E-state index contributed by atoms with van der Waals surface area (Å²) < 4.78 is 26.5. The van der Waals surface area contributed by atoms with E-state index in [1.165, 1.54) is 21.7 Å². The quantitative estimate of drug-likeness (QED) is 0.799. The molecule has 0 fully saturated rings. The van der Waals surface area contributed by atoms with Crippen molar-refractivity contribution in [3.63, 3.8) is 0 Å². The molecule has 0 atom stereocenters. The Morgan fingerprint density at radius 3 is 2.21 bits per heavy atom. The maximum atomic E-state index is 12.6. The van der Waals surface area contributed by atoms with Crippen LogP contribution in [0.4, 0.5) is 5.69 Å². The summed E-state index contributed by atoms with van der Waals surface area (Å²) in [6, 6.07) is 12.1. The van der Waals surface area contributed by atoms with Crippen molar-refractivity contribution in [1.29, 1.82) is 0 Å². The Balaban J connectivity index is 2.52. The number of benzene rings is 1. The fourth-order valence-electron chi connectivity index (χ4n) is 1.74. The highest BCUT2D eigenvalue weighted by atomic mass is 32.2. The van der Waals surface area contributed by atoms with Crippen molar-refractivity contribution in [2.45, 2.75) is 4.90 Å². The van der Waals surface area contributed by atoms with Gasteiger partial charge in [0.2, 0.25) is 0 Å². The lowest BCUT2D eigenvalue weighted by molar-refractivity contribution is 0.424. The summed E-state index contributed by atoms with van der Waals surface area (Å²) in [6.07, 6.45) is 2.89. The third-order valence-electron chi connectivity index (χ3n) is 2.50. The molecule has 0 aliphatic rings. The molecule has 6 heteroatoms. The fraction of sp³-hybridized carbons (Fsp3) is 0.154. The number of aromatic nitrogens is 1. The second-order valence-corrected chi connectivity index (χ2v) is 5.89. The van der Waals surface area contributed by atoms with Gasteiger partial charge in [-0.1, -0.05) is 18.2 Å². The first-order valence-electron chi connectivity index (χ1n) is 5.71. The van der Waals surface area contributed by atoms with Crippen LogP contribution in [0.5, 0.6) is 0 Å². The van der Waals surface area contributed by atoms with Gasteiger partial charge in [-0.15, -0.1) is 0 Å². The molecule has 0 amide bonds. The molecule has 0 bridgehead atoms. The minimum Gasteiger partial charge on any atom is -0.263 e. The van der Waals surface area contributed by atoms with Crippen LogP contribution >= 0.6 is 0 Å². The molecule has 1 aromatic heterocycles. The van der Waals surface area contributed by atoms with Crippen molar-refractivity contribution in [1.82, 2.24) is 9.99 Å². The van der Waals surface area contributed by atoms with E-state index < -0.39 is 10.0 Å². The number of para-hydroxylation sites is 1. The first-order valence-corrected chi connectivity index (χ1v) is 7.15. The molecule has 19 heavy (non-hydrogen) atoms. The van der Waals surface area contributed by atoms with Gasteiger partial charge in [0, 0.05) is 26.5 Å². The van der Waals surface area contributed by atoms with Crippen LogP contribution in [0.25, 0.3) is 0 Å². The number of rotatable bonds is 4. The van der Waals surface area contributed by atoms with E-state index in [9.17, 15) is 8.42 Å². The van der Waals surface area contributed by atoms with E-state index in [1.807, 2.05) is 6.07 Å². The Morgan fingerprint density at radius 2 is 1.68 bits per heavy atom. The monoisotopic (exact) mass is 277 g/mol. The summed E-state index contributed by atoms with van der Waals surface area (Å²) in [5.74, 6) is 0. The highest BCUT2D eigenvalue weighted by Crippen LogP contribution is 2.23. The van der Waals surface area contributed by atoms with Crippen LogP contribution in [0.1, 0.15) is 0 Å². The van der Waals surface area contributed by atoms with Crippen molar-refractivity contribution < 1.29 is 8.42 Å². The van der Waals surface area contributed by atoms with Crippen molar-refractivity contribution in [2.24, 2.45) is 0 Å². The van der Waals surface area contributed by atoms with Crippen LogP contribution < -0.4 is 4.41 Å². The zero-order valence-electron chi connectivity index (χ0n) is 10.8. The predicted octanol–water partition coefficient (Wildman–Crippen LogP) is 1.75. The molecular weight excluding hydrogens is 262 g/mol. The summed E-state index contributed by atoms with van der Waals surface area (Å²) in [4.78, 5) is 4.02. The van der Waals surface area contributed by atoms with Crippen LogP contribution in [0.2, 0.25) is 0 Å². The lowest BCUT2D eigenvalue weighted by atomic mass is 10.3. The summed E-state index contributed by atoms with van der Waals surface area (Å²) in [5, 5.41) is 1.53. The Kier molecular flexibility index (Phi) is 3.82. The molecule has 1 aromatic carbocycles. The van der Waals surface area contributed by atoms with Crippen LogP contribution in [0, 0.1) is 0 Å². The second-order valence-electron chi connectivity index (χ2n) is 4.12. The molecule has 0 N–H and O–H groups in total. The number of pyridine rings is 1. The smallest absolute Gasteiger partial charge is 0.263 e. The lowest BCUT2D eigenvalue weighted by Crippen LogP contribution is -2.42. The van der Waals surface area contributed by atoms with Gasteiger partial charge in [0.15, 0.2) is 0 Å². The molecule has 2 aromatic rings. The van der Waals surface area contributed by atoms with Crippen LogP contribution in [0.15, 0.2) is 59.8 Å². The average molecular weight is 277 g/mol. The molecule has 5 nitrogen and oxygen atoms in total. The minimum absolute atomic E-state index is 0.160. The van der Waals surface area contributed by atoms with E-state index in [2.05, 4.69) is 4.98 Å². The molecule has 1 heterocycles. The van der Waals surface area contributed by atoms with Gasteiger partial charge >= 0.3 is 0 Å². The molecule has 100 valence electrons. The maximum absolute atomic E-state index is 12.6. The SMILES string of the molecule is CN(C)N(c1ccccc1)S(=O)(=O)c1cccnc1. The molecule has 0 aliphatic carbocycles. The molecular formula is C13H15N3O2S. The van der Waals surface area contributed by atoms with Crippen LogP contribution in [-0.4, -0.2) is 32.5 Å². The Bertz CT molecular complexity index is 627. The fourth-order valence-corrected chi connectivity index (χ4v) is 3.21. The summed E-state index contributed by atoms with van der Waals surface area (Å²) >= 11 is 0. The average Bonchev–Trinajstić information content (AvgIpc) is 2.40. The standard InChI is InChI=1S/C13H15N3O2S/c1-15(2)16(12-7-4-3-5-8-12)19(17,18)13-9-6-10-14-11-13/h3-11H,1-2H3. The van der Waals surface area contributed by atoms with Crippen molar-refractivity contribution in [3.05, 3.63) is 54.9 Å². The largest absolute Gasteiger partial charge is 0.279 e. The van der Waals surface area contributed by atoms with Crippen molar-refractivity contribution in [3.8, 4) is 0 Å². The highest BCUT2D eigenvalue weighted by molar-refractivity contribution is 7.92. The second kappa shape index (κ2) is 5.38. The summed E-state index contributed by atoms with van der Waals surface area (Å²) in [6.45, 7) is 0. The first-order chi connectivity index (χ1) is 9.03. The number of nitrogens with zero attached hydrogens (tertiary/aromatic N) is 3. The van der Waals surface area contributed by atoms with E-state index in [1.54, 1.807) is 50.6 Å². The van der Waals surface area contributed by atoms with E-state index >= 15 is 0 Å². The van der Waals surface area contributed by atoms with E-state index in [-0.39, 0.29) is 4.90 Å². The molecule has 0 radical (unpaired) electrons. The van der Waals surface area contributed by atoms with Gasteiger partial charge in [-0.3, -0.25) is 4.98 Å². The van der Waals surface area contributed by atoms with Gasteiger partial charge in [-0.2, -0.15) is 12.8 Å². The third kappa shape index (κ3) is 2.74. The van der Waals surface area contributed by atoms with Crippen LogP contribution in [-0.2, 0) is 10.0 Å². The molecule has 0 aliphatic heterocycles. The predicted molar refractivity (Wildman–Crippen MR) is 74.0 cm³/mol. The van der Waals surface area contributed by atoms with Crippen molar-refractivity contribution >= 4 is 15.7 Å². The number of anilines is 1. The van der Waals surface area contributed by atoms with E-state index in [0.29, 0.717) is 5.69 Å². The molecule has 0 spiro atoms. The zero-order chi connectivity index (χ0) is 13.9. The van der Waals surface area contributed by atoms with Crippen molar-refractivity contribution in [2.75, 3.05) is 18.5 Å². The number of hydrogen-bond acceptors (Lipinski definition) is 4. The molecule has 2 rings (SSSR count). The van der Waals surface area contributed by atoms with Gasteiger partial charge in [-0.25, -0.2) is 5.01 Å². The number of hydrazine groups is 1. The molecule has 0 unspecified atom stereocenters. The minimum atomic E-state index is -3.66. The van der Waals surface area contributed by atoms with Gasteiger partial charge in [-0.05, 0) is 24.3 Å². The van der Waals surface area contributed by atoms with Gasteiger partial charge in [0.25, 0.3) is 10.0 Å². The topological polar surface area (TPSA) is 53.5 Å². The third-order valence-corrected chi connectivity index (χ3v) is 4.33. The van der Waals surface area contributed by atoms with E-state index in [0.717, 1.165) is 0 Å². The summed E-state index contributed by atoms with van der Waals surface area (Å²) in [7, 11) is -0.294. The van der Waals surface area contributed by atoms with Gasteiger partial charge in [0.1, 0.15) is 4.90 Å². The van der Waals surface area contributed by atoms with Crippen LogP contribution in [0.3, 0.4) is 0 Å². The Hall–Kier alpha value is -1.92. The van der Waals surface area contributed by atoms with Gasteiger partial charge in [0.05, 0.1) is 5.69 Å². The zero-order valence-corrected chi connectivity index (χ0v) is 11.6. The Morgan fingerprint density at radius 1 is 1.00 bits per heavy atom. The first kappa shape index (κ1) is 13.5. The number of hydrogen-bond donors (Lipinski definition) is 0. The van der Waals surface area contributed by atoms with Gasteiger partial charge < -0.3 is 0 Å². The Labute approximate surface area is 113 Å². The number of sulfonamides is 1. The lowest BCUT2D eigenvalue weighted by Gasteiger charge is -2.29.